The standard InChI is InChI=1S/C19H28ClNO2/c1-13(7-8-18(2,3)4)16-6-5-15(20)11-14(16)12-19(9-10-19)17(22)21-23/h11,13H,5-10,12H2,1-4H3. The summed E-state index contributed by atoms with van der Waals surface area (Å²) in [7, 11) is 0. The minimum Gasteiger partial charge on any atom is -0.268 e. The van der Waals surface area contributed by atoms with Crippen LogP contribution < -0.4 is 0 Å². The summed E-state index contributed by atoms with van der Waals surface area (Å²) in [4.78, 5) is 22.5. The van der Waals surface area contributed by atoms with E-state index in [4.69, 9.17) is 11.6 Å². The Morgan fingerprint density at radius 3 is 2.52 bits per heavy atom. The Morgan fingerprint density at radius 1 is 1.35 bits per heavy atom. The summed E-state index contributed by atoms with van der Waals surface area (Å²) in [5.41, 5.74) is 2.39. The van der Waals surface area contributed by atoms with E-state index in [9.17, 15) is 9.70 Å². The van der Waals surface area contributed by atoms with Crippen molar-refractivity contribution in [2.75, 3.05) is 0 Å². The third kappa shape index (κ3) is 4.76. The maximum Gasteiger partial charge on any atom is 0.292 e. The molecule has 1 saturated carbocycles. The number of carbonyl (C=O) groups excluding carboxylic acids is 1. The van der Waals surface area contributed by atoms with Crippen LogP contribution in [0.25, 0.3) is 0 Å². The molecule has 1 amide bonds. The highest BCUT2D eigenvalue weighted by Crippen LogP contribution is 2.53. The van der Waals surface area contributed by atoms with Gasteiger partial charge in [0.05, 0.1) is 5.41 Å². The van der Waals surface area contributed by atoms with Crippen molar-refractivity contribution in [3.05, 3.63) is 27.2 Å². The lowest BCUT2D eigenvalue weighted by Gasteiger charge is -2.27. The fourth-order valence-electron chi connectivity index (χ4n) is 3.40. The molecule has 0 aliphatic heterocycles. The highest BCUT2D eigenvalue weighted by Gasteiger charge is 2.51. The van der Waals surface area contributed by atoms with E-state index >= 15 is 0 Å². The lowest BCUT2D eigenvalue weighted by molar-refractivity contribution is -0.122. The molecule has 0 bridgehead atoms. The van der Waals surface area contributed by atoms with Gasteiger partial charge in [-0.15, -0.1) is 4.91 Å². The predicted octanol–water partition coefficient (Wildman–Crippen LogP) is 6.13. The van der Waals surface area contributed by atoms with Crippen LogP contribution in [-0.2, 0) is 4.79 Å². The number of nitrogens with zero attached hydrogens (tertiary/aromatic N) is 1. The van der Waals surface area contributed by atoms with Crippen LogP contribution in [0.3, 0.4) is 0 Å². The molecule has 0 N–H and O–H groups in total. The van der Waals surface area contributed by atoms with Crippen molar-refractivity contribution in [1.29, 1.82) is 0 Å². The molecule has 2 rings (SSSR count). The Morgan fingerprint density at radius 2 is 2.00 bits per heavy atom. The second-order valence-corrected chi connectivity index (χ2v) is 8.98. The van der Waals surface area contributed by atoms with Crippen LogP contribution in [0.15, 0.2) is 27.4 Å². The molecular weight excluding hydrogens is 310 g/mol. The monoisotopic (exact) mass is 337 g/mol. The maximum absolute atomic E-state index is 11.8. The summed E-state index contributed by atoms with van der Waals surface area (Å²) >= 11 is 6.25. The van der Waals surface area contributed by atoms with E-state index < -0.39 is 11.3 Å². The fourth-order valence-corrected chi connectivity index (χ4v) is 3.62. The number of allylic oxidation sites excluding steroid dienone is 4. The quantitative estimate of drug-likeness (QED) is 0.547. The van der Waals surface area contributed by atoms with Crippen LogP contribution in [0.4, 0.5) is 0 Å². The normalized spacial score (nSPS) is 21.7. The second kappa shape index (κ2) is 6.88. The van der Waals surface area contributed by atoms with Gasteiger partial charge in [0.15, 0.2) is 0 Å². The first-order valence-corrected chi connectivity index (χ1v) is 9.00. The molecule has 1 fully saturated rings. The first-order chi connectivity index (χ1) is 10.7. The molecule has 2 aliphatic carbocycles. The number of nitroso groups, excluding NO2 is 1. The zero-order valence-electron chi connectivity index (χ0n) is 14.7. The third-order valence-corrected chi connectivity index (χ3v) is 5.52. The highest BCUT2D eigenvalue weighted by atomic mass is 35.5. The van der Waals surface area contributed by atoms with Crippen molar-refractivity contribution in [1.82, 2.24) is 0 Å². The Hall–Kier alpha value is -0.960. The van der Waals surface area contributed by atoms with Crippen molar-refractivity contribution in [2.24, 2.45) is 21.9 Å². The zero-order chi connectivity index (χ0) is 17.3. The van der Waals surface area contributed by atoms with Crippen molar-refractivity contribution < 1.29 is 4.79 Å². The molecule has 1 atom stereocenters. The van der Waals surface area contributed by atoms with Crippen molar-refractivity contribution in [3.63, 3.8) is 0 Å². The van der Waals surface area contributed by atoms with E-state index in [1.165, 1.54) is 17.6 Å². The van der Waals surface area contributed by atoms with Gasteiger partial charge < -0.3 is 0 Å². The lowest BCUT2D eigenvalue weighted by Crippen LogP contribution is -2.17. The largest absolute Gasteiger partial charge is 0.292 e. The van der Waals surface area contributed by atoms with Crippen LogP contribution in [0.1, 0.15) is 72.6 Å². The average Bonchev–Trinajstić information content (AvgIpc) is 3.24. The number of halogens is 1. The van der Waals surface area contributed by atoms with Crippen LogP contribution in [0.5, 0.6) is 0 Å². The van der Waals surface area contributed by atoms with Crippen molar-refractivity contribution in [2.45, 2.75) is 72.6 Å². The molecule has 0 aromatic rings. The summed E-state index contributed by atoms with van der Waals surface area (Å²) in [6, 6.07) is 0. The van der Waals surface area contributed by atoms with E-state index in [2.05, 4.69) is 32.9 Å². The van der Waals surface area contributed by atoms with E-state index in [1.54, 1.807) is 0 Å². The summed E-state index contributed by atoms with van der Waals surface area (Å²) < 4.78 is 0. The van der Waals surface area contributed by atoms with Gasteiger partial charge in [-0.05, 0) is 67.9 Å². The molecule has 3 nitrogen and oxygen atoms in total. The van der Waals surface area contributed by atoms with Crippen LogP contribution in [-0.4, -0.2) is 5.91 Å². The predicted molar refractivity (Wildman–Crippen MR) is 95.1 cm³/mol. The van der Waals surface area contributed by atoms with Crippen molar-refractivity contribution in [3.8, 4) is 0 Å². The number of hydrogen-bond acceptors (Lipinski definition) is 2. The first kappa shape index (κ1) is 18.4. The zero-order valence-corrected chi connectivity index (χ0v) is 15.5. The van der Waals surface area contributed by atoms with Gasteiger partial charge in [0.25, 0.3) is 5.91 Å². The summed E-state index contributed by atoms with van der Waals surface area (Å²) in [6.45, 7) is 9.06. The minimum atomic E-state index is -0.531. The van der Waals surface area contributed by atoms with Gasteiger partial charge in [-0.1, -0.05) is 44.9 Å². The lowest BCUT2D eigenvalue weighted by atomic mass is 9.79. The maximum atomic E-state index is 11.8. The molecule has 4 heteroatoms. The second-order valence-electron chi connectivity index (χ2n) is 8.50. The molecule has 2 aliphatic rings. The molecule has 0 spiro atoms. The van der Waals surface area contributed by atoms with E-state index in [0.29, 0.717) is 17.8 Å². The van der Waals surface area contributed by atoms with Gasteiger partial charge in [0.2, 0.25) is 0 Å². The molecule has 23 heavy (non-hydrogen) atoms. The van der Waals surface area contributed by atoms with Crippen molar-refractivity contribution >= 4 is 17.5 Å². The Labute approximate surface area is 144 Å². The van der Waals surface area contributed by atoms with Gasteiger partial charge in [-0.2, -0.15) is 0 Å². The Kier molecular flexibility index (Phi) is 5.50. The third-order valence-electron chi connectivity index (χ3n) is 5.22. The Bertz CT molecular complexity index is 550. The van der Waals surface area contributed by atoms with E-state index in [-0.39, 0.29) is 0 Å². The summed E-state index contributed by atoms with van der Waals surface area (Å²) in [5, 5.41) is 3.54. The van der Waals surface area contributed by atoms with E-state index in [0.717, 1.165) is 37.1 Å². The molecule has 128 valence electrons. The Balaban J connectivity index is 2.18. The average molecular weight is 338 g/mol. The smallest absolute Gasteiger partial charge is 0.268 e. The van der Waals surface area contributed by atoms with E-state index in [1.807, 2.05) is 6.08 Å². The number of hydrogen-bond donors (Lipinski definition) is 0. The number of amides is 1. The molecule has 0 heterocycles. The molecular formula is C19H28ClNO2. The van der Waals surface area contributed by atoms with Gasteiger partial charge >= 0.3 is 0 Å². The highest BCUT2D eigenvalue weighted by molar-refractivity contribution is 6.29. The summed E-state index contributed by atoms with van der Waals surface area (Å²) in [5.74, 6) is 0.00197. The first-order valence-electron chi connectivity index (χ1n) is 8.63. The van der Waals surface area contributed by atoms with Crippen LogP contribution in [0.2, 0.25) is 0 Å². The van der Waals surface area contributed by atoms with Crippen LogP contribution in [0, 0.1) is 21.7 Å². The van der Waals surface area contributed by atoms with Gasteiger partial charge in [-0.25, -0.2) is 0 Å². The molecule has 1 unspecified atom stereocenters. The number of carbonyl (C=O) groups is 1. The van der Waals surface area contributed by atoms with Crippen LogP contribution >= 0.6 is 11.6 Å². The summed E-state index contributed by atoms with van der Waals surface area (Å²) in [6.07, 6.45) is 8.37. The molecule has 0 radical (unpaired) electrons. The molecule has 0 aromatic heterocycles. The number of rotatable bonds is 6. The molecule has 0 aromatic carbocycles. The van der Waals surface area contributed by atoms with Gasteiger partial charge in [-0.3, -0.25) is 4.79 Å². The SMILES string of the molecule is CC(CCC(C)(C)C)C1=C(CC2(C(=O)N=O)CC2)C=C(Cl)CC1. The fraction of sp³-hybridized carbons (Fsp3) is 0.737. The van der Waals surface area contributed by atoms with Gasteiger partial charge in [0, 0.05) is 10.2 Å². The topological polar surface area (TPSA) is 46.5 Å². The van der Waals surface area contributed by atoms with Gasteiger partial charge in [0.1, 0.15) is 0 Å². The molecule has 0 saturated heterocycles. The minimum absolute atomic E-state index is 0.326.